The van der Waals surface area contributed by atoms with Gasteiger partial charge in [0, 0.05) is 37.4 Å². The molecule has 0 bridgehead atoms. The number of ether oxygens (including phenoxy) is 1. The summed E-state index contributed by atoms with van der Waals surface area (Å²) in [4.78, 5) is 0.279. The molecular formula is C33H41NO4SSi. The number of hydrogen-bond acceptors (Lipinski definition) is 4. The lowest BCUT2D eigenvalue weighted by atomic mass is 10.2. The summed E-state index contributed by atoms with van der Waals surface area (Å²) < 4.78 is 42.0. The molecule has 212 valence electrons. The first-order valence-electron chi connectivity index (χ1n) is 14.0. The fraction of sp³-hybridized carbons (Fsp3) is 0.333. The Kier molecular flexibility index (Phi) is 9.51. The number of hydrogen-bond donors (Lipinski definition) is 0. The zero-order valence-corrected chi connectivity index (χ0v) is 26.1. The first-order valence-corrected chi connectivity index (χ1v) is 17.3. The van der Waals surface area contributed by atoms with Crippen LogP contribution in [0.15, 0.2) is 102 Å². The average Bonchev–Trinajstić information content (AvgIpc) is 3.35. The molecule has 3 aromatic carbocycles. The second-order valence-corrected chi connectivity index (χ2v) is 17.2. The summed E-state index contributed by atoms with van der Waals surface area (Å²) in [6.45, 7) is 12.1. The smallest absolute Gasteiger partial charge is 0.268 e. The summed E-state index contributed by atoms with van der Waals surface area (Å²) >= 11 is 0. The lowest BCUT2D eigenvalue weighted by Gasteiger charge is -2.43. The van der Waals surface area contributed by atoms with Crippen LogP contribution in [0, 0.1) is 6.92 Å². The topological polar surface area (TPSA) is 57.5 Å². The van der Waals surface area contributed by atoms with Gasteiger partial charge < -0.3 is 9.16 Å². The molecule has 0 spiro atoms. The van der Waals surface area contributed by atoms with Crippen LogP contribution in [0.4, 0.5) is 0 Å². The molecule has 4 rings (SSSR count). The molecular weight excluding hydrogens is 535 g/mol. The van der Waals surface area contributed by atoms with E-state index in [9.17, 15) is 8.42 Å². The predicted molar refractivity (Wildman–Crippen MR) is 166 cm³/mol. The maximum Gasteiger partial charge on any atom is 0.268 e. The largest absolute Gasteiger partial charge is 0.407 e. The van der Waals surface area contributed by atoms with E-state index in [4.69, 9.17) is 9.16 Å². The average molecular weight is 576 g/mol. The normalized spacial score (nSPS) is 12.5. The molecule has 7 heteroatoms. The van der Waals surface area contributed by atoms with Gasteiger partial charge in [0.1, 0.15) is 0 Å². The van der Waals surface area contributed by atoms with Crippen molar-refractivity contribution in [2.75, 3.05) is 19.8 Å². The minimum absolute atomic E-state index is 0.158. The van der Waals surface area contributed by atoms with E-state index >= 15 is 0 Å². The quantitative estimate of drug-likeness (QED) is 0.160. The van der Waals surface area contributed by atoms with Crippen molar-refractivity contribution in [3.8, 4) is 0 Å². The Balaban J connectivity index is 1.72. The van der Waals surface area contributed by atoms with Gasteiger partial charge in [-0.1, -0.05) is 99.1 Å². The van der Waals surface area contributed by atoms with Crippen LogP contribution in [-0.2, 0) is 32.0 Å². The van der Waals surface area contributed by atoms with Crippen LogP contribution >= 0.6 is 0 Å². The van der Waals surface area contributed by atoms with Crippen LogP contribution in [0.5, 0.6) is 0 Å². The molecule has 0 saturated carbocycles. The summed E-state index contributed by atoms with van der Waals surface area (Å²) in [5.41, 5.74) is 2.45. The van der Waals surface area contributed by atoms with Crippen molar-refractivity contribution in [1.29, 1.82) is 0 Å². The number of nitrogens with zero attached hydrogens (tertiary/aromatic N) is 1. The molecule has 0 N–H and O–H groups in total. The Labute approximate surface area is 241 Å². The zero-order chi connectivity index (χ0) is 28.8. The molecule has 0 radical (unpaired) electrons. The first-order chi connectivity index (χ1) is 19.1. The molecule has 0 fully saturated rings. The summed E-state index contributed by atoms with van der Waals surface area (Å²) in [7, 11) is -6.53. The Morgan fingerprint density at radius 1 is 0.725 bits per heavy atom. The van der Waals surface area contributed by atoms with Gasteiger partial charge in [-0.05, 0) is 53.5 Å². The van der Waals surface area contributed by atoms with Crippen molar-refractivity contribution in [2.45, 2.75) is 57.4 Å². The van der Waals surface area contributed by atoms with Crippen LogP contribution in [0.2, 0.25) is 5.04 Å². The Hall–Kier alpha value is -2.97. The molecule has 0 aliphatic carbocycles. The van der Waals surface area contributed by atoms with Crippen LogP contribution in [0.3, 0.4) is 0 Å². The molecule has 5 nitrogen and oxygen atoms in total. The summed E-state index contributed by atoms with van der Waals surface area (Å²) in [6.07, 6.45) is 0.971. The Morgan fingerprint density at radius 3 is 1.70 bits per heavy atom. The van der Waals surface area contributed by atoms with Gasteiger partial charge in [0.25, 0.3) is 18.3 Å². The standard InChI is InChI=1S/C33H41NO4SSi/c1-6-37-25-23-28-19-20-29(34(28)39(35,36)30-21-17-27(2)18-22-30)24-26-38-40(33(3,4)5,31-13-9-7-10-14-31)32-15-11-8-12-16-32/h7-22H,6,23-26H2,1-5H3. The lowest BCUT2D eigenvalue weighted by molar-refractivity contribution is 0.150. The van der Waals surface area contributed by atoms with Crippen molar-refractivity contribution in [2.24, 2.45) is 0 Å². The Morgan fingerprint density at radius 2 is 1.23 bits per heavy atom. The second kappa shape index (κ2) is 12.7. The van der Waals surface area contributed by atoms with Gasteiger partial charge in [-0.3, -0.25) is 0 Å². The van der Waals surface area contributed by atoms with Gasteiger partial charge in [-0.2, -0.15) is 0 Å². The minimum Gasteiger partial charge on any atom is -0.407 e. The zero-order valence-electron chi connectivity index (χ0n) is 24.3. The van der Waals surface area contributed by atoms with Crippen LogP contribution < -0.4 is 10.4 Å². The van der Waals surface area contributed by atoms with Crippen molar-refractivity contribution in [3.05, 3.63) is 114 Å². The third-order valence-electron chi connectivity index (χ3n) is 7.35. The third-order valence-corrected chi connectivity index (χ3v) is 14.2. The van der Waals surface area contributed by atoms with E-state index in [-0.39, 0.29) is 9.93 Å². The highest BCUT2D eigenvalue weighted by molar-refractivity contribution is 7.90. The van der Waals surface area contributed by atoms with E-state index in [0.29, 0.717) is 38.4 Å². The summed E-state index contributed by atoms with van der Waals surface area (Å²) in [6, 6.07) is 31.9. The van der Waals surface area contributed by atoms with Gasteiger partial charge in [-0.25, -0.2) is 12.4 Å². The fourth-order valence-electron chi connectivity index (χ4n) is 5.40. The third kappa shape index (κ3) is 6.18. The molecule has 0 amide bonds. The van der Waals surface area contributed by atoms with Gasteiger partial charge in [-0.15, -0.1) is 0 Å². The van der Waals surface area contributed by atoms with Gasteiger partial charge in [0.05, 0.1) is 11.5 Å². The first kappa shape index (κ1) is 30.0. The number of rotatable bonds is 12. The highest BCUT2D eigenvalue weighted by Crippen LogP contribution is 2.37. The lowest BCUT2D eigenvalue weighted by Crippen LogP contribution is -2.66. The van der Waals surface area contributed by atoms with Gasteiger partial charge >= 0.3 is 0 Å². The fourth-order valence-corrected chi connectivity index (χ4v) is 11.6. The SMILES string of the molecule is CCOCCc1ccc(CCO[Si](c2ccccc2)(c2ccccc2)C(C)(C)C)n1S(=O)(=O)c1ccc(C)cc1. The maximum absolute atomic E-state index is 13.9. The summed E-state index contributed by atoms with van der Waals surface area (Å²) in [5.74, 6) is 0. The van der Waals surface area contributed by atoms with E-state index < -0.39 is 18.3 Å². The van der Waals surface area contributed by atoms with Crippen LogP contribution in [0.25, 0.3) is 0 Å². The number of aryl methyl sites for hydroxylation is 1. The highest BCUT2D eigenvalue weighted by Gasteiger charge is 2.50. The van der Waals surface area contributed by atoms with Crippen molar-refractivity contribution >= 4 is 28.7 Å². The monoisotopic (exact) mass is 575 g/mol. The Bertz CT molecular complexity index is 1440. The second-order valence-electron chi connectivity index (χ2n) is 11.1. The van der Waals surface area contributed by atoms with E-state index in [1.165, 1.54) is 14.3 Å². The number of benzene rings is 3. The van der Waals surface area contributed by atoms with Crippen molar-refractivity contribution < 1.29 is 17.6 Å². The molecule has 0 atom stereocenters. The molecule has 0 aliphatic heterocycles. The molecule has 0 saturated heterocycles. The maximum atomic E-state index is 13.9. The van der Waals surface area contributed by atoms with E-state index in [1.807, 2.05) is 50.2 Å². The van der Waals surface area contributed by atoms with Gasteiger partial charge in [0.2, 0.25) is 0 Å². The highest BCUT2D eigenvalue weighted by atomic mass is 32.2. The molecule has 4 aromatic rings. The summed E-state index contributed by atoms with van der Waals surface area (Å²) in [5, 5.41) is 2.25. The molecule has 0 aliphatic rings. The van der Waals surface area contributed by atoms with E-state index in [0.717, 1.165) is 11.3 Å². The minimum atomic E-state index is -3.79. The van der Waals surface area contributed by atoms with Crippen LogP contribution in [-0.4, -0.2) is 40.5 Å². The van der Waals surface area contributed by atoms with E-state index in [1.54, 1.807) is 12.1 Å². The van der Waals surface area contributed by atoms with Gasteiger partial charge in [0.15, 0.2) is 0 Å². The molecule has 1 aromatic heterocycles. The molecule has 40 heavy (non-hydrogen) atoms. The number of aromatic nitrogens is 1. The van der Waals surface area contributed by atoms with Crippen LogP contribution in [0.1, 0.15) is 44.6 Å². The molecule has 1 heterocycles. The molecule has 0 unspecified atom stereocenters. The van der Waals surface area contributed by atoms with E-state index in [2.05, 4.69) is 69.3 Å². The van der Waals surface area contributed by atoms with Crippen molar-refractivity contribution in [3.63, 3.8) is 0 Å². The predicted octanol–water partition coefficient (Wildman–Crippen LogP) is 5.73. The van der Waals surface area contributed by atoms with Crippen molar-refractivity contribution in [1.82, 2.24) is 3.97 Å².